The van der Waals surface area contributed by atoms with Gasteiger partial charge in [-0.2, -0.15) is 0 Å². The molecule has 2 aromatic rings. The van der Waals surface area contributed by atoms with Crippen molar-refractivity contribution in [3.05, 3.63) is 65.7 Å². The zero-order valence-electron chi connectivity index (χ0n) is 15.6. The lowest BCUT2D eigenvalue weighted by atomic mass is 9.87. The molecule has 0 aliphatic carbocycles. The summed E-state index contributed by atoms with van der Waals surface area (Å²) in [4.78, 5) is 19.2. The second-order valence-corrected chi connectivity index (χ2v) is 7.60. The van der Waals surface area contributed by atoms with Crippen molar-refractivity contribution in [3.8, 4) is 0 Å². The Kier molecular flexibility index (Phi) is 5.39. The van der Waals surface area contributed by atoms with Gasteiger partial charge in [-0.15, -0.1) is 0 Å². The van der Waals surface area contributed by atoms with E-state index in [0.717, 1.165) is 5.69 Å². The first-order valence-corrected chi connectivity index (χ1v) is 9.74. The van der Waals surface area contributed by atoms with Crippen LogP contribution in [-0.4, -0.2) is 40.0 Å². The highest BCUT2D eigenvalue weighted by Gasteiger charge is 2.37. The molecule has 28 heavy (non-hydrogen) atoms. The largest absolute Gasteiger partial charge is 0.385 e. The topological polar surface area (TPSA) is 77.5 Å². The van der Waals surface area contributed by atoms with Gasteiger partial charge in [0.25, 0.3) is 0 Å². The summed E-state index contributed by atoms with van der Waals surface area (Å²) in [5.74, 6) is -0.283. The van der Waals surface area contributed by atoms with Crippen molar-refractivity contribution in [2.24, 2.45) is 0 Å². The number of benzene rings is 1. The Balaban J connectivity index is 1.39. The first-order chi connectivity index (χ1) is 13.5. The first-order valence-electron chi connectivity index (χ1n) is 9.74. The van der Waals surface area contributed by atoms with E-state index >= 15 is 0 Å². The molecule has 1 amide bonds. The van der Waals surface area contributed by atoms with Gasteiger partial charge in [-0.3, -0.25) is 9.78 Å². The fourth-order valence-electron chi connectivity index (χ4n) is 4.10. The van der Waals surface area contributed by atoms with Gasteiger partial charge in [-0.1, -0.05) is 18.2 Å². The number of hydrogen-bond donors (Lipinski definition) is 3. The Morgan fingerprint density at radius 3 is 2.71 bits per heavy atom. The third-order valence-electron chi connectivity index (χ3n) is 5.75. The molecule has 2 saturated heterocycles. The number of amides is 1. The molecule has 7 heteroatoms. The van der Waals surface area contributed by atoms with Crippen LogP contribution in [0.1, 0.15) is 43.0 Å². The number of rotatable bonds is 3. The average Bonchev–Trinajstić information content (AvgIpc) is 3.13. The number of aliphatic hydroxyl groups is 1. The number of pyridine rings is 1. The van der Waals surface area contributed by atoms with Crippen LogP contribution in [0, 0.1) is 5.82 Å². The van der Waals surface area contributed by atoms with E-state index < -0.39 is 5.60 Å². The summed E-state index contributed by atoms with van der Waals surface area (Å²) in [7, 11) is 0. The van der Waals surface area contributed by atoms with Crippen molar-refractivity contribution >= 4 is 5.91 Å². The van der Waals surface area contributed by atoms with Gasteiger partial charge >= 0.3 is 0 Å². The second kappa shape index (κ2) is 7.95. The molecule has 1 aromatic heterocycles. The average molecular weight is 384 g/mol. The molecule has 148 valence electrons. The van der Waals surface area contributed by atoms with E-state index in [1.807, 2.05) is 23.1 Å². The van der Waals surface area contributed by atoms with Crippen LogP contribution < -0.4 is 10.9 Å². The summed E-state index contributed by atoms with van der Waals surface area (Å²) >= 11 is 0. The zero-order valence-corrected chi connectivity index (χ0v) is 15.6. The number of aromatic nitrogens is 1. The Morgan fingerprint density at radius 2 is 1.96 bits per heavy atom. The normalized spacial score (nSPS) is 28.1. The standard InChI is InChI=1S/C21H25FN4O2/c22-16-7-5-15(6-8-16)21(28)9-3-12-26(13-10-21)20(27)19-14-18(24-25-19)17-4-1-2-11-23-17/h1-2,4-8,11,18-19,24-25,28H,3,9-10,12-14H2. The van der Waals surface area contributed by atoms with E-state index in [2.05, 4.69) is 15.8 Å². The molecule has 0 radical (unpaired) electrons. The van der Waals surface area contributed by atoms with Crippen LogP contribution in [0.25, 0.3) is 0 Å². The fraction of sp³-hybridized carbons (Fsp3) is 0.429. The number of carbonyl (C=O) groups is 1. The monoisotopic (exact) mass is 384 g/mol. The number of hydrazine groups is 1. The van der Waals surface area contributed by atoms with E-state index in [4.69, 9.17) is 0 Å². The predicted molar refractivity (Wildman–Crippen MR) is 102 cm³/mol. The van der Waals surface area contributed by atoms with Crippen molar-refractivity contribution < 1.29 is 14.3 Å². The van der Waals surface area contributed by atoms with Gasteiger partial charge in [0.1, 0.15) is 11.9 Å². The molecule has 3 unspecified atom stereocenters. The highest BCUT2D eigenvalue weighted by Crippen LogP contribution is 2.33. The Labute approximate surface area is 163 Å². The summed E-state index contributed by atoms with van der Waals surface area (Å²) in [6.45, 7) is 1.08. The summed E-state index contributed by atoms with van der Waals surface area (Å²) in [6, 6.07) is 11.4. The summed E-state index contributed by atoms with van der Waals surface area (Å²) in [6.07, 6.45) is 4.07. The van der Waals surface area contributed by atoms with Crippen LogP contribution in [0.5, 0.6) is 0 Å². The maximum atomic E-state index is 13.2. The molecule has 4 rings (SSSR count). The van der Waals surface area contributed by atoms with Crippen molar-refractivity contribution in [1.82, 2.24) is 20.7 Å². The molecule has 0 saturated carbocycles. The Morgan fingerprint density at radius 1 is 1.14 bits per heavy atom. The lowest BCUT2D eigenvalue weighted by Crippen LogP contribution is -2.46. The molecule has 2 fully saturated rings. The van der Waals surface area contributed by atoms with Crippen LogP contribution >= 0.6 is 0 Å². The second-order valence-electron chi connectivity index (χ2n) is 7.60. The smallest absolute Gasteiger partial charge is 0.241 e. The van der Waals surface area contributed by atoms with Crippen molar-refractivity contribution in [2.75, 3.05) is 13.1 Å². The van der Waals surface area contributed by atoms with Crippen LogP contribution in [0.15, 0.2) is 48.7 Å². The third kappa shape index (κ3) is 3.92. The van der Waals surface area contributed by atoms with Gasteiger partial charge in [-0.05, 0) is 55.5 Å². The van der Waals surface area contributed by atoms with Crippen LogP contribution in [0.4, 0.5) is 4.39 Å². The molecule has 3 N–H and O–H groups in total. The van der Waals surface area contributed by atoms with E-state index in [1.165, 1.54) is 12.1 Å². The molecular formula is C21H25FN4O2. The maximum absolute atomic E-state index is 13.2. The number of carbonyl (C=O) groups excluding carboxylic acids is 1. The summed E-state index contributed by atoms with van der Waals surface area (Å²) in [5, 5.41) is 11.1. The lowest BCUT2D eigenvalue weighted by molar-refractivity contribution is -0.133. The van der Waals surface area contributed by atoms with E-state index in [1.54, 1.807) is 18.3 Å². The van der Waals surface area contributed by atoms with Crippen LogP contribution in [-0.2, 0) is 10.4 Å². The fourth-order valence-corrected chi connectivity index (χ4v) is 4.10. The van der Waals surface area contributed by atoms with E-state index in [0.29, 0.717) is 44.3 Å². The van der Waals surface area contributed by atoms with Gasteiger partial charge in [0.2, 0.25) is 5.91 Å². The maximum Gasteiger partial charge on any atom is 0.241 e. The van der Waals surface area contributed by atoms with Gasteiger partial charge < -0.3 is 10.0 Å². The molecule has 1 aromatic carbocycles. The predicted octanol–water partition coefficient (Wildman–Crippen LogP) is 2.03. The van der Waals surface area contributed by atoms with E-state index in [-0.39, 0.29) is 23.8 Å². The van der Waals surface area contributed by atoms with Crippen LogP contribution in [0.3, 0.4) is 0 Å². The molecule has 3 heterocycles. The highest BCUT2D eigenvalue weighted by molar-refractivity contribution is 5.82. The Bertz CT molecular complexity index is 817. The zero-order chi connectivity index (χ0) is 19.6. The van der Waals surface area contributed by atoms with Crippen molar-refractivity contribution in [2.45, 2.75) is 43.4 Å². The van der Waals surface area contributed by atoms with Crippen LogP contribution in [0.2, 0.25) is 0 Å². The lowest BCUT2D eigenvalue weighted by Gasteiger charge is -2.28. The molecule has 0 bridgehead atoms. The van der Waals surface area contributed by atoms with Gasteiger partial charge in [0.15, 0.2) is 0 Å². The quantitative estimate of drug-likeness (QED) is 0.755. The SMILES string of the molecule is O=C(C1CC(c2ccccn2)NN1)N1CCCC(O)(c2ccc(F)cc2)CC1. The molecule has 2 aliphatic heterocycles. The number of halogens is 1. The molecule has 0 spiro atoms. The molecular weight excluding hydrogens is 359 g/mol. The van der Waals surface area contributed by atoms with E-state index in [9.17, 15) is 14.3 Å². The minimum Gasteiger partial charge on any atom is -0.385 e. The van der Waals surface area contributed by atoms with Gasteiger partial charge in [0.05, 0.1) is 17.3 Å². The minimum absolute atomic E-state index is 0.00160. The Hall–Kier alpha value is -2.35. The third-order valence-corrected chi connectivity index (χ3v) is 5.75. The molecule has 6 nitrogen and oxygen atoms in total. The summed E-state index contributed by atoms with van der Waals surface area (Å²) < 4.78 is 13.2. The number of nitrogens with one attached hydrogen (secondary N) is 2. The number of likely N-dealkylation sites (tertiary alicyclic amines) is 1. The molecule has 2 aliphatic rings. The molecule has 3 atom stereocenters. The van der Waals surface area contributed by atoms with Crippen molar-refractivity contribution in [1.29, 1.82) is 0 Å². The minimum atomic E-state index is -1.03. The number of hydrogen-bond acceptors (Lipinski definition) is 5. The van der Waals surface area contributed by atoms with Gasteiger partial charge in [-0.25, -0.2) is 15.2 Å². The highest BCUT2D eigenvalue weighted by atomic mass is 19.1. The number of nitrogens with zero attached hydrogens (tertiary/aromatic N) is 2. The first kappa shape index (κ1) is 19.0. The van der Waals surface area contributed by atoms with Gasteiger partial charge in [0, 0.05) is 19.3 Å². The summed E-state index contributed by atoms with van der Waals surface area (Å²) in [5.41, 5.74) is 6.85. The van der Waals surface area contributed by atoms with Crippen molar-refractivity contribution in [3.63, 3.8) is 0 Å².